The highest BCUT2D eigenvalue weighted by Crippen LogP contribution is 2.15. The fourth-order valence-electron chi connectivity index (χ4n) is 4.12. The minimum atomic E-state index is -0.00774. The van der Waals surface area contributed by atoms with Crippen molar-refractivity contribution in [3.63, 3.8) is 0 Å². The number of hydrogen-bond donors (Lipinski definition) is 1. The summed E-state index contributed by atoms with van der Waals surface area (Å²) in [4.78, 5) is 11.4. The molecule has 33 heavy (non-hydrogen) atoms. The molecule has 0 fully saturated rings. The first-order valence-corrected chi connectivity index (χ1v) is 13.8. The molecule has 0 atom stereocenters. The Hall–Kier alpha value is -1.77. The third-order valence-corrected chi connectivity index (χ3v) is 6.26. The van der Waals surface area contributed by atoms with Crippen LogP contribution in [0.4, 0.5) is 0 Å². The van der Waals surface area contributed by atoms with E-state index in [9.17, 15) is 4.79 Å². The summed E-state index contributed by atoms with van der Waals surface area (Å²) in [5, 5.41) is 2.90. The van der Waals surface area contributed by atoms with Crippen LogP contribution in [0.25, 0.3) is 0 Å². The van der Waals surface area contributed by atoms with Gasteiger partial charge in [-0.2, -0.15) is 0 Å². The Morgan fingerprint density at radius 1 is 0.667 bits per heavy atom. The van der Waals surface area contributed by atoms with Crippen LogP contribution in [0.2, 0.25) is 0 Å². The molecule has 0 unspecified atom stereocenters. The molecule has 1 N–H and O–H groups in total. The van der Waals surface area contributed by atoms with Crippen molar-refractivity contribution >= 4 is 5.91 Å². The zero-order chi connectivity index (χ0) is 23.8. The number of unbranched alkanes of at least 4 members (excludes halogenated alkanes) is 17. The smallest absolute Gasteiger partial charge is 0.246 e. The highest BCUT2D eigenvalue weighted by atomic mass is 16.5. The number of ether oxygens (including phenoxy) is 1. The van der Waals surface area contributed by atoms with Crippen molar-refractivity contribution in [3.05, 3.63) is 42.5 Å². The number of benzene rings is 1. The van der Waals surface area contributed by atoms with Gasteiger partial charge in [-0.3, -0.25) is 4.79 Å². The van der Waals surface area contributed by atoms with E-state index in [1.54, 1.807) is 6.92 Å². The molecule has 0 saturated heterocycles. The van der Waals surface area contributed by atoms with E-state index in [-0.39, 0.29) is 5.91 Å². The van der Waals surface area contributed by atoms with Gasteiger partial charge in [-0.25, -0.2) is 0 Å². The van der Waals surface area contributed by atoms with Crippen LogP contribution in [0, 0.1) is 0 Å². The average Bonchev–Trinajstić information content (AvgIpc) is 2.82. The van der Waals surface area contributed by atoms with Gasteiger partial charge in [0.2, 0.25) is 5.91 Å². The first kappa shape index (κ1) is 29.3. The van der Waals surface area contributed by atoms with Crippen molar-refractivity contribution in [2.24, 2.45) is 0 Å². The van der Waals surface area contributed by atoms with Gasteiger partial charge in [0, 0.05) is 12.1 Å². The molecule has 1 amide bonds. The van der Waals surface area contributed by atoms with Crippen LogP contribution in [-0.4, -0.2) is 19.1 Å². The quantitative estimate of drug-likeness (QED) is 0.132. The van der Waals surface area contributed by atoms with Crippen LogP contribution in [0.15, 0.2) is 42.5 Å². The Labute approximate surface area is 204 Å². The molecule has 0 aromatic heterocycles. The summed E-state index contributed by atoms with van der Waals surface area (Å²) in [7, 11) is 0. The molecular formula is C30H51NO2. The Kier molecular flexibility index (Phi) is 19.5. The molecule has 1 rings (SSSR count). The molecule has 1 aromatic rings. The van der Waals surface area contributed by atoms with Gasteiger partial charge in [-0.05, 0) is 31.9 Å². The summed E-state index contributed by atoms with van der Waals surface area (Å²) in [6, 6.07) is 10.1. The Morgan fingerprint density at radius 2 is 1.06 bits per heavy atom. The van der Waals surface area contributed by atoms with Crippen LogP contribution in [0.5, 0.6) is 5.75 Å². The fraction of sp³-hybridized carbons (Fsp3) is 0.700. The largest absolute Gasteiger partial charge is 0.494 e. The molecule has 0 heterocycles. The van der Waals surface area contributed by atoms with E-state index in [4.69, 9.17) is 4.74 Å². The zero-order valence-electron chi connectivity index (χ0n) is 21.6. The standard InChI is InChI=1S/C30H51NO2/c1-28(2)30(32)31-26-22-17-15-13-11-9-7-5-3-4-6-8-10-12-14-16-18-23-27-33-29-24-20-19-21-25-29/h19-21,24-25H,1,3-18,22-23,26-27H2,2H3,(H,31,32). The predicted molar refractivity (Wildman–Crippen MR) is 143 cm³/mol. The van der Waals surface area contributed by atoms with Crippen molar-refractivity contribution < 1.29 is 9.53 Å². The van der Waals surface area contributed by atoms with Gasteiger partial charge < -0.3 is 10.1 Å². The van der Waals surface area contributed by atoms with Gasteiger partial charge in [0.25, 0.3) is 0 Å². The number of rotatable bonds is 23. The topological polar surface area (TPSA) is 38.3 Å². The maximum Gasteiger partial charge on any atom is 0.246 e. The summed E-state index contributed by atoms with van der Waals surface area (Å²) in [5.41, 5.74) is 0.600. The van der Waals surface area contributed by atoms with Crippen molar-refractivity contribution in [1.82, 2.24) is 5.32 Å². The number of carbonyl (C=O) groups excluding carboxylic acids is 1. The van der Waals surface area contributed by atoms with Gasteiger partial charge in [0.1, 0.15) is 5.75 Å². The zero-order valence-corrected chi connectivity index (χ0v) is 21.6. The SMILES string of the molecule is C=C(C)C(=O)NCCCCCCCCCCCCCCCCCCCCOc1ccccc1. The van der Waals surface area contributed by atoms with Crippen LogP contribution in [-0.2, 0) is 4.79 Å². The maximum absolute atomic E-state index is 11.4. The molecule has 0 radical (unpaired) electrons. The van der Waals surface area contributed by atoms with E-state index in [2.05, 4.69) is 11.9 Å². The predicted octanol–water partition coefficient (Wildman–Crippen LogP) is 8.78. The Balaban J connectivity index is 1.67. The molecular weight excluding hydrogens is 406 g/mol. The second kappa shape index (κ2) is 22.0. The second-order valence-corrected chi connectivity index (χ2v) is 9.56. The van der Waals surface area contributed by atoms with Gasteiger partial charge in [-0.15, -0.1) is 0 Å². The normalized spacial score (nSPS) is 10.8. The number of para-hydroxylation sites is 1. The van der Waals surface area contributed by atoms with Crippen LogP contribution in [0.1, 0.15) is 122 Å². The number of nitrogens with one attached hydrogen (secondary N) is 1. The van der Waals surface area contributed by atoms with Gasteiger partial charge in [-0.1, -0.05) is 128 Å². The lowest BCUT2D eigenvalue weighted by molar-refractivity contribution is -0.117. The van der Waals surface area contributed by atoms with Gasteiger partial charge in [0.15, 0.2) is 0 Å². The van der Waals surface area contributed by atoms with E-state index in [1.807, 2.05) is 30.3 Å². The van der Waals surface area contributed by atoms with Crippen molar-refractivity contribution in [2.45, 2.75) is 122 Å². The number of amides is 1. The van der Waals surface area contributed by atoms with E-state index < -0.39 is 0 Å². The average molecular weight is 458 g/mol. The summed E-state index contributed by atoms with van der Waals surface area (Å²) >= 11 is 0. The first-order chi connectivity index (χ1) is 16.2. The van der Waals surface area contributed by atoms with E-state index in [0.29, 0.717) is 5.57 Å². The van der Waals surface area contributed by atoms with E-state index in [1.165, 1.54) is 109 Å². The molecule has 0 bridgehead atoms. The highest BCUT2D eigenvalue weighted by molar-refractivity contribution is 5.91. The van der Waals surface area contributed by atoms with Crippen LogP contribution < -0.4 is 10.1 Å². The van der Waals surface area contributed by atoms with Crippen molar-refractivity contribution in [2.75, 3.05) is 13.2 Å². The third kappa shape index (κ3) is 19.4. The van der Waals surface area contributed by atoms with Crippen molar-refractivity contribution in [1.29, 1.82) is 0 Å². The van der Waals surface area contributed by atoms with Gasteiger partial charge >= 0.3 is 0 Å². The minimum Gasteiger partial charge on any atom is -0.494 e. The second-order valence-electron chi connectivity index (χ2n) is 9.56. The Morgan fingerprint density at radius 3 is 1.48 bits per heavy atom. The van der Waals surface area contributed by atoms with Gasteiger partial charge in [0.05, 0.1) is 6.61 Å². The molecule has 1 aromatic carbocycles. The van der Waals surface area contributed by atoms with Crippen LogP contribution in [0.3, 0.4) is 0 Å². The van der Waals surface area contributed by atoms with E-state index in [0.717, 1.165) is 25.3 Å². The maximum atomic E-state index is 11.4. The number of hydrogen-bond acceptors (Lipinski definition) is 2. The molecule has 3 heteroatoms. The van der Waals surface area contributed by atoms with Crippen LogP contribution >= 0.6 is 0 Å². The first-order valence-electron chi connectivity index (χ1n) is 13.8. The molecule has 188 valence electrons. The molecule has 3 nitrogen and oxygen atoms in total. The summed E-state index contributed by atoms with van der Waals surface area (Å²) in [6.07, 6.45) is 24.2. The monoisotopic (exact) mass is 457 g/mol. The number of carbonyl (C=O) groups is 1. The molecule has 0 aliphatic carbocycles. The highest BCUT2D eigenvalue weighted by Gasteiger charge is 1.99. The lowest BCUT2D eigenvalue weighted by Gasteiger charge is -2.06. The summed E-state index contributed by atoms with van der Waals surface area (Å²) in [5.74, 6) is 0.985. The molecule has 0 aliphatic rings. The molecule has 0 aliphatic heterocycles. The lowest BCUT2D eigenvalue weighted by atomic mass is 10.0. The lowest BCUT2D eigenvalue weighted by Crippen LogP contribution is -2.24. The summed E-state index contributed by atoms with van der Waals surface area (Å²) < 4.78 is 5.74. The third-order valence-electron chi connectivity index (χ3n) is 6.26. The minimum absolute atomic E-state index is 0.00774. The summed E-state index contributed by atoms with van der Waals surface area (Å²) in [6.45, 7) is 7.04. The Bertz CT molecular complexity index is 584. The van der Waals surface area contributed by atoms with E-state index >= 15 is 0 Å². The fourth-order valence-corrected chi connectivity index (χ4v) is 4.12. The molecule has 0 saturated carbocycles. The molecule has 0 spiro atoms. The van der Waals surface area contributed by atoms with Crippen molar-refractivity contribution in [3.8, 4) is 5.75 Å².